The fraction of sp³-hybridized carbons (Fsp3) is 0.162. The molecule has 2 N–H and O–H groups in total. The molecule has 1 aromatic heterocycles. The van der Waals surface area contributed by atoms with Crippen molar-refractivity contribution in [3.8, 4) is 5.75 Å². The topological polar surface area (TPSA) is 152 Å². The van der Waals surface area contributed by atoms with Gasteiger partial charge in [-0.1, -0.05) is 126 Å². The van der Waals surface area contributed by atoms with E-state index >= 15 is 0 Å². The van der Waals surface area contributed by atoms with E-state index in [1.807, 2.05) is 79.7 Å². The van der Waals surface area contributed by atoms with Crippen LogP contribution in [-0.2, 0) is 19.1 Å². The number of amides is 2. The number of aromatic nitrogens is 4. The average molecular weight is 718 g/mol. The molecule has 5 aromatic rings. The lowest BCUT2D eigenvalue weighted by Crippen LogP contribution is -2.71. The molecule has 0 saturated carbocycles. The first kappa shape index (κ1) is 33.8. The Morgan fingerprint density at radius 2 is 1.53 bits per heavy atom. The number of thioether (sulfide) groups is 2. The summed E-state index contributed by atoms with van der Waals surface area (Å²) >= 11 is 2.74. The molecule has 1 unspecified atom stereocenters. The van der Waals surface area contributed by atoms with Crippen LogP contribution in [-0.4, -0.2) is 71.4 Å². The first-order valence-electron chi connectivity index (χ1n) is 16.0. The summed E-state index contributed by atoms with van der Waals surface area (Å²) < 4.78 is 6.28. The number of ether oxygens (including phenoxy) is 1. The number of para-hydroxylation sites is 1. The number of β-lactam (4-membered cyclic amide) rings is 1. The van der Waals surface area contributed by atoms with Gasteiger partial charge in [-0.25, -0.2) is 4.79 Å². The quantitative estimate of drug-likeness (QED) is 0.0583. The summed E-state index contributed by atoms with van der Waals surface area (Å²) in [5.41, 5.74) is 2.88. The molecule has 1 saturated heterocycles. The average Bonchev–Trinajstić information content (AvgIpc) is 3.70. The maximum Gasteiger partial charge on any atom is 0.356 e. The van der Waals surface area contributed by atoms with Crippen LogP contribution in [0.1, 0.15) is 29.7 Å². The second-order valence-electron chi connectivity index (χ2n) is 11.5. The highest BCUT2D eigenvalue weighted by Gasteiger charge is 2.55. The van der Waals surface area contributed by atoms with Crippen LogP contribution in [0.15, 0.2) is 143 Å². The van der Waals surface area contributed by atoms with Gasteiger partial charge in [0.15, 0.2) is 17.6 Å². The van der Waals surface area contributed by atoms with Gasteiger partial charge in [0.1, 0.15) is 17.1 Å². The number of esters is 1. The molecule has 1 fully saturated rings. The van der Waals surface area contributed by atoms with Crippen molar-refractivity contribution in [1.29, 1.82) is 0 Å². The second-order valence-corrected chi connectivity index (χ2v) is 13.9. The van der Waals surface area contributed by atoms with E-state index in [9.17, 15) is 14.4 Å². The number of oxime groups is 1. The number of fused-ring (bicyclic) bond motifs is 1. The molecule has 3 atom stereocenters. The molecule has 256 valence electrons. The fourth-order valence-electron chi connectivity index (χ4n) is 5.73. The van der Waals surface area contributed by atoms with Gasteiger partial charge < -0.3 is 14.9 Å². The molecule has 51 heavy (non-hydrogen) atoms. The van der Waals surface area contributed by atoms with E-state index in [1.165, 1.54) is 28.4 Å². The number of nitrogens with one attached hydrogen (secondary N) is 2. The molecule has 4 aromatic carbocycles. The Morgan fingerprint density at radius 1 is 0.922 bits per heavy atom. The van der Waals surface area contributed by atoms with E-state index in [0.29, 0.717) is 27.8 Å². The van der Waals surface area contributed by atoms with Crippen LogP contribution in [0.25, 0.3) is 0 Å². The van der Waals surface area contributed by atoms with Crippen molar-refractivity contribution in [3.05, 3.63) is 149 Å². The Morgan fingerprint density at radius 3 is 2.14 bits per heavy atom. The highest BCUT2D eigenvalue weighted by molar-refractivity contribution is 8.01. The minimum atomic E-state index is -0.934. The molecular weight excluding hydrogens is 687 g/mol. The standard InChI is InChI=1S/C37H31N7O5S2/c1-23(51-37-39-42-43-40-37)28-22-50-35-30(38-33(45)29(24-14-6-2-7-15-24)41-49-27-20-12-5-13-21-27)34(46)44(35)31(28)36(47)48-32(25-16-8-3-9-17-25)26-18-10-4-11-19-26/h2-21,23,30,32,35H,22H2,1H3,(H,38,45)(H,39,40,42,43)/t23?,30-,35-/m1/s1. The number of carbonyl (C=O) groups excluding carboxylic acids is 3. The van der Waals surface area contributed by atoms with Crippen LogP contribution in [0.5, 0.6) is 5.75 Å². The lowest BCUT2D eigenvalue weighted by atomic mass is 9.99. The summed E-state index contributed by atoms with van der Waals surface area (Å²) in [6.45, 7) is 1.91. The van der Waals surface area contributed by atoms with Crippen LogP contribution in [0, 0.1) is 0 Å². The summed E-state index contributed by atoms with van der Waals surface area (Å²) in [4.78, 5) is 49.2. The lowest BCUT2D eigenvalue weighted by Gasteiger charge is -2.50. The number of H-pyrrole nitrogens is 1. The van der Waals surface area contributed by atoms with E-state index in [2.05, 4.69) is 31.1 Å². The van der Waals surface area contributed by atoms with E-state index in [-0.39, 0.29) is 16.7 Å². The molecule has 3 heterocycles. The van der Waals surface area contributed by atoms with Crippen molar-refractivity contribution in [3.63, 3.8) is 0 Å². The van der Waals surface area contributed by atoms with Gasteiger partial charge in [-0.3, -0.25) is 14.5 Å². The van der Waals surface area contributed by atoms with Crippen molar-refractivity contribution < 1.29 is 24.0 Å². The van der Waals surface area contributed by atoms with Crippen LogP contribution < -0.4 is 10.2 Å². The number of nitrogens with zero attached hydrogens (tertiary/aromatic N) is 5. The van der Waals surface area contributed by atoms with Gasteiger partial charge in [0.05, 0.1) is 0 Å². The zero-order valence-corrected chi connectivity index (χ0v) is 28.8. The van der Waals surface area contributed by atoms with E-state index in [4.69, 9.17) is 9.57 Å². The van der Waals surface area contributed by atoms with E-state index < -0.39 is 35.3 Å². The van der Waals surface area contributed by atoms with Gasteiger partial charge in [0.2, 0.25) is 5.16 Å². The molecule has 14 heteroatoms. The number of hydrogen-bond donors (Lipinski definition) is 2. The Balaban J connectivity index is 1.18. The minimum Gasteiger partial charge on any atom is -0.448 e. The number of hydrogen-bond acceptors (Lipinski definition) is 11. The smallest absolute Gasteiger partial charge is 0.356 e. The Labute approximate surface area is 301 Å². The predicted molar refractivity (Wildman–Crippen MR) is 192 cm³/mol. The van der Waals surface area contributed by atoms with Gasteiger partial charge in [-0.15, -0.1) is 22.0 Å². The third-order valence-electron chi connectivity index (χ3n) is 8.25. The Kier molecular flexibility index (Phi) is 10.2. The van der Waals surface area contributed by atoms with Crippen LogP contribution in [0.2, 0.25) is 0 Å². The maximum absolute atomic E-state index is 14.4. The first-order chi connectivity index (χ1) is 25.0. The number of rotatable bonds is 12. The lowest BCUT2D eigenvalue weighted by molar-refractivity contribution is -0.154. The largest absolute Gasteiger partial charge is 0.448 e. The first-order valence-corrected chi connectivity index (χ1v) is 18.0. The Hall–Kier alpha value is -5.73. The summed E-state index contributed by atoms with van der Waals surface area (Å²) in [5.74, 6) is -0.868. The van der Waals surface area contributed by atoms with E-state index in [1.54, 1.807) is 48.5 Å². The van der Waals surface area contributed by atoms with Crippen LogP contribution in [0.3, 0.4) is 0 Å². The zero-order valence-electron chi connectivity index (χ0n) is 27.2. The summed E-state index contributed by atoms with van der Waals surface area (Å²) in [7, 11) is 0. The van der Waals surface area contributed by atoms with Gasteiger partial charge in [0.25, 0.3) is 11.8 Å². The number of benzene rings is 4. The molecule has 7 rings (SSSR count). The summed E-state index contributed by atoms with van der Waals surface area (Å²) in [5, 5.41) is 20.7. The molecule has 2 aliphatic rings. The second kappa shape index (κ2) is 15.4. The highest BCUT2D eigenvalue weighted by atomic mass is 32.2. The van der Waals surface area contributed by atoms with Gasteiger partial charge in [0, 0.05) is 16.6 Å². The normalized spacial score (nSPS) is 17.7. The third kappa shape index (κ3) is 7.42. The predicted octanol–water partition coefficient (Wildman–Crippen LogP) is 5.15. The van der Waals surface area contributed by atoms with Gasteiger partial charge >= 0.3 is 5.97 Å². The monoisotopic (exact) mass is 717 g/mol. The van der Waals surface area contributed by atoms with Crippen LogP contribution in [0.4, 0.5) is 0 Å². The fourth-order valence-corrected chi connectivity index (χ4v) is 8.15. The van der Waals surface area contributed by atoms with Crippen molar-refractivity contribution >= 4 is 47.0 Å². The molecule has 0 aliphatic carbocycles. The van der Waals surface area contributed by atoms with Gasteiger partial charge in [-0.05, 0) is 41.0 Å². The van der Waals surface area contributed by atoms with E-state index in [0.717, 1.165) is 11.1 Å². The molecule has 0 radical (unpaired) electrons. The molecule has 2 amide bonds. The van der Waals surface area contributed by atoms with Crippen molar-refractivity contribution in [2.75, 3.05) is 5.75 Å². The Bertz CT molecular complexity index is 2010. The molecule has 12 nitrogen and oxygen atoms in total. The highest BCUT2D eigenvalue weighted by Crippen LogP contribution is 2.44. The molecular formula is C37H31N7O5S2. The van der Waals surface area contributed by atoms with Gasteiger partial charge in [-0.2, -0.15) is 5.21 Å². The minimum absolute atomic E-state index is 0.000995. The third-order valence-corrected chi connectivity index (χ3v) is 10.6. The van der Waals surface area contributed by atoms with Crippen molar-refractivity contribution in [1.82, 2.24) is 30.8 Å². The summed E-state index contributed by atoms with van der Waals surface area (Å²) in [6, 6.07) is 35.7. The zero-order chi connectivity index (χ0) is 35.2. The molecule has 2 aliphatic heterocycles. The summed E-state index contributed by atoms with van der Waals surface area (Å²) in [6.07, 6.45) is -0.733. The SMILES string of the molecule is CC(Sc1nn[nH]n1)C1=C(C(=O)OC(c2ccccc2)c2ccccc2)N2C(=O)[C@@H](NC(=O)C(=NOc3ccccc3)c3ccccc3)[C@H]2SC1. The number of carbonyl (C=O) groups is 3. The number of aromatic amines is 1. The molecule has 0 bridgehead atoms. The maximum atomic E-state index is 14.4. The van der Waals surface area contributed by atoms with Crippen molar-refractivity contribution in [2.24, 2.45) is 5.16 Å². The molecule has 0 spiro atoms. The van der Waals surface area contributed by atoms with Crippen LogP contribution >= 0.6 is 23.5 Å². The number of tetrazole rings is 1. The van der Waals surface area contributed by atoms with Crippen molar-refractivity contribution in [2.45, 2.75) is 34.8 Å².